The van der Waals surface area contributed by atoms with Crippen LogP contribution in [0, 0.1) is 17.8 Å². The Kier molecular flexibility index (Phi) is 15.6. The van der Waals surface area contributed by atoms with Crippen molar-refractivity contribution in [3.05, 3.63) is 138 Å². The molecule has 2 heterocycles. The summed E-state index contributed by atoms with van der Waals surface area (Å²) in [6.07, 6.45) is 8.61. The second-order valence-electron chi connectivity index (χ2n) is 16.9. The van der Waals surface area contributed by atoms with E-state index in [9.17, 15) is 19.8 Å². The molecular weight excluding hydrogens is 864 g/mol. The van der Waals surface area contributed by atoms with Crippen LogP contribution in [-0.2, 0) is 27.5 Å². The fourth-order valence-corrected chi connectivity index (χ4v) is 10.1. The van der Waals surface area contributed by atoms with E-state index >= 15 is 0 Å². The Labute approximate surface area is 390 Å². The van der Waals surface area contributed by atoms with Crippen LogP contribution >= 0.6 is 11.6 Å². The Morgan fingerprint density at radius 1 is 0.894 bits per heavy atom. The number of carbonyl (C=O) groups excluding carboxylic acids is 2. The maximum absolute atomic E-state index is 14.7. The van der Waals surface area contributed by atoms with Crippen LogP contribution in [0.5, 0.6) is 28.7 Å². The monoisotopic (exact) mass is 920 g/mol. The van der Waals surface area contributed by atoms with Crippen LogP contribution in [0.2, 0.25) is 0 Å². The van der Waals surface area contributed by atoms with Gasteiger partial charge in [0.1, 0.15) is 42.8 Å². The van der Waals surface area contributed by atoms with Crippen molar-refractivity contribution in [3.63, 3.8) is 0 Å². The molecule has 6 atom stereocenters. The molecule has 4 aromatic rings. The van der Waals surface area contributed by atoms with Crippen molar-refractivity contribution in [1.82, 2.24) is 4.90 Å². The molecule has 4 aromatic carbocycles. The number of aliphatic hydroxyl groups excluding tert-OH is 2. The van der Waals surface area contributed by atoms with E-state index < -0.39 is 23.8 Å². The van der Waals surface area contributed by atoms with E-state index in [1.165, 1.54) is 0 Å². The number of hydrogen-bond acceptors (Lipinski definition) is 12. The number of rotatable bonds is 22. The molecule has 6 unspecified atom stereocenters. The van der Waals surface area contributed by atoms with Gasteiger partial charge in [-0.3, -0.25) is 9.69 Å². The standard InChI is InChI=1S/C52H57ClN2O11/c1-2-24-63-52-48(55(51(59)60-25-21-53)31-36-17-19-46-47(27-36)62-34-61-46)30-44(54-64-33-35-11-4-3-5-12-35)42-28-38(14-6-8-22-56)41(16-7-9-23-57)49(50(42)52)43-29-40(18-20-45(43)66-52)65-39-15-10-13-37(26-39)32-58/h2-5,10-13,15,17-20,26-29,32,38,41,48-50,56-57H,1,6-9,14,16,21-25,30-31,33-34H2. The molecule has 66 heavy (non-hydrogen) atoms. The first-order chi connectivity index (χ1) is 32.4. The number of amides is 1. The molecule has 8 rings (SSSR count). The number of unbranched alkanes of at least 4 members (excludes halogenated alkanes) is 2. The minimum atomic E-state index is -1.54. The van der Waals surface area contributed by atoms with Gasteiger partial charge in [-0.2, -0.15) is 0 Å². The average molecular weight is 921 g/mol. The zero-order chi connectivity index (χ0) is 45.9. The molecule has 2 N–H and O–H groups in total. The zero-order valence-corrected chi connectivity index (χ0v) is 37.7. The van der Waals surface area contributed by atoms with Gasteiger partial charge < -0.3 is 43.5 Å². The Bertz CT molecular complexity index is 2380. The van der Waals surface area contributed by atoms with Gasteiger partial charge in [0.05, 0.1) is 24.1 Å². The molecular formula is C52H57ClN2O11. The third kappa shape index (κ3) is 10.2. The summed E-state index contributed by atoms with van der Waals surface area (Å²) in [6, 6.07) is 27.2. The summed E-state index contributed by atoms with van der Waals surface area (Å²) in [5.41, 5.74) is 4.58. The fraction of sp³-hybridized carbons (Fsp3) is 0.404. The molecule has 0 radical (unpaired) electrons. The number of hydrogen-bond donors (Lipinski definition) is 2. The Hall–Kier alpha value is -5.86. The van der Waals surface area contributed by atoms with Gasteiger partial charge in [0, 0.05) is 43.2 Å². The molecule has 2 aliphatic heterocycles. The maximum Gasteiger partial charge on any atom is 0.410 e. The summed E-state index contributed by atoms with van der Waals surface area (Å²) in [6.45, 7) is 4.59. The molecule has 0 bridgehead atoms. The molecule has 0 aromatic heterocycles. The minimum absolute atomic E-state index is 0.0117. The van der Waals surface area contributed by atoms with Crippen molar-refractivity contribution in [2.24, 2.45) is 22.9 Å². The molecule has 4 aliphatic rings. The van der Waals surface area contributed by atoms with E-state index in [0.717, 1.165) is 54.2 Å². The largest absolute Gasteiger partial charge is 0.459 e. The average Bonchev–Trinajstić information content (AvgIpc) is 3.82. The second kappa shape index (κ2) is 22.1. The lowest BCUT2D eigenvalue weighted by Crippen LogP contribution is -2.70. The highest BCUT2D eigenvalue weighted by Crippen LogP contribution is 2.62. The number of carbonyl (C=O) groups is 2. The minimum Gasteiger partial charge on any atom is -0.459 e. The van der Waals surface area contributed by atoms with Gasteiger partial charge in [0.15, 0.2) is 11.5 Å². The van der Waals surface area contributed by atoms with Crippen molar-refractivity contribution in [2.45, 2.75) is 75.8 Å². The summed E-state index contributed by atoms with van der Waals surface area (Å²) >= 11 is 6.14. The normalized spacial score (nSPS) is 22.9. The summed E-state index contributed by atoms with van der Waals surface area (Å²) in [7, 11) is 0. The number of halogens is 1. The number of aliphatic hydroxyl groups is 2. The first-order valence-corrected chi connectivity index (χ1v) is 23.3. The lowest BCUT2D eigenvalue weighted by atomic mass is 9.55. The molecule has 0 saturated heterocycles. The smallest absolute Gasteiger partial charge is 0.410 e. The van der Waals surface area contributed by atoms with Crippen LogP contribution in [0.1, 0.15) is 77.9 Å². The highest BCUT2D eigenvalue weighted by molar-refractivity contribution is 6.18. The van der Waals surface area contributed by atoms with Crippen LogP contribution in [0.15, 0.2) is 120 Å². The topological polar surface area (TPSA) is 155 Å². The molecule has 0 spiro atoms. The van der Waals surface area contributed by atoms with Crippen LogP contribution in [0.3, 0.4) is 0 Å². The number of benzene rings is 4. The van der Waals surface area contributed by atoms with Crippen LogP contribution in [-0.4, -0.2) is 84.1 Å². The molecule has 1 fully saturated rings. The van der Waals surface area contributed by atoms with Crippen LogP contribution < -0.4 is 18.9 Å². The van der Waals surface area contributed by atoms with Crippen molar-refractivity contribution >= 4 is 29.7 Å². The van der Waals surface area contributed by atoms with Gasteiger partial charge in [-0.25, -0.2) is 4.79 Å². The number of oxime groups is 1. The Balaban J connectivity index is 1.33. The summed E-state index contributed by atoms with van der Waals surface area (Å²) in [5.74, 6) is 0.416. The van der Waals surface area contributed by atoms with Crippen molar-refractivity contribution in [1.29, 1.82) is 0 Å². The SMILES string of the molecule is C=CCOC12Oc3ccc(Oc4cccc(C=O)c4)cc3C3C(CCCCO)C(CCCCO)C=C(C(=NOCc4ccccc4)CC1N(Cc1ccc4c(c1)OCO4)C(=O)OCCCl)C32. The summed E-state index contributed by atoms with van der Waals surface area (Å²) in [4.78, 5) is 34.3. The van der Waals surface area contributed by atoms with E-state index in [-0.39, 0.29) is 76.4 Å². The van der Waals surface area contributed by atoms with Crippen molar-refractivity contribution in [3.8, 4) is 28.7 Å². The summed E-state index contributed by atoms with van der Waals surface area (Å²) < 4.78 is 38.2. The van der Waals surface area contributed by atoms with Gasteiger partial charge in [0.25, 0.3) is 0 Å². The third-order valence-corrected chi connectivity index (χ3v) is 13.0. The van der Waals surface area contributed by atoms with Crippen LogP contribution in [0.25, 0.3) is 0 Å². The molecule has 348 valence electrons. The van der Waals surface area contributed by atoms with Gasteiger partial charge in [0.2, 0.25) is 12.6 Å². The van der Waals surface area contributed by atoms with Gasteiger partial charge >= 0.3 is 6.09 Å². The number of alkyl halides is 1. The first-order valence-electron chi connectivity index (χ1n) is 22.7. The lowest BCUT2D eigenvalue weighted by Gasteiger charge is -2.59. The highest BCUT2D eigenvalue weighted by Gasteiger charge is 2.65. The number of allylic oxidation sites excluding steroid dienone is 1. The third-order valence-electron chi connectivity index (χ3n) is 12.8. The number of nitrogens with zero attached hydrogens (tertiary/aromatic N) is 2. The Morgan fingerprint density at radius 3 is 2.47 bits per heavy atom. The first kappa shape index (κ1) is 46.7. The second-order valence-corrected chi connectivity index (χ2v) is 17.3. The number of ether oxygens (including phenoxy) is 6. The summed E-state index contributed by atoms with van der Waals surface area (Å²) in [5, 5.41) is 24.9. The zero-order valence-electron chi connectivity index (χ0n) is 36.9. The predicted molar refractivity (Wildman–Crippen MR) is 248 cm³/mol. The van der Waals surface area contributed by atoms with E-state index in [4.69, 9.17) is 50.0 Å². The van der Waals surface area contributed by atoms with Gasteiger partial charge in [-0.1, -0.05) is 78.7 Å². The molecule has 1 saturated carbocycles. The van der Waals surface area contributed by atoms with Crippen molar-refractivity contribution in [2.75, 3.05) is 39.1 Å². The highest BCUT2D eigenvalue weighted by atomic mass is 35.5. The lowest BCUT2D eigenvalue weighted by molar-refractivity contribution is -0.256. The molecule has 2 aliphatic carbocycles. The van der Waals surface area contributed by atoms with E-state index in [2.05, 4.69) is 12.7 Å². The van der Waals surface area contributed by atoms with Crippen molar-refractivity contribution < 1.29 is 53.1 Å². The fourth-order valence-electron chi connectivity index (χ4n) is 10.0. The van der Waals surface area contributed by atoms with E-state index in [0.29, 0.717) is 52.9 Å². The quantitative estimate of drug-likeness (QED) is 0.0255. The molecule has 13 nitrogen and oxygen atoms in total. The predicted octanol–water partition coefficient (Wildman–Crippen LogP) is 9.73. The van der Waals surface area contributed by atoms with Gasteiger partial charge in [-0.05, 0) is 96.7 Å². The molecule has 14 heteroatoms. The van der Waals surface area contributed by atoms with Crippen LogP contribution in [0.4, 0.5) is 4.79 Å². The number of aldehydes is 1. The van der Waals surface area contributed by atoms with E-state index in [1.54, 1.807) is 35.2 Å². The van der Waals surface area contributed by atoms with E-state index in [1.807, 2.05) is 66.7 Å². The van der Waals surface area contributed by atoms with Gasteiger partial charge in [-0.15, -0.1) is 18.2 Å². The maximum atomic E-state index is 14.7. The molecule has 1 amide bonds. The number of fused-ring (bicyclic) bond motifs is 3. The Morgan fingerprint density at radius 2 is 1.68 bits per heavy atom.